The molecule has 1 saturated heterocycles. The molecule has 0 unspecified atom stereocenters. The van der Waals surface area contributed by atoms with Crippen molar-refractivity contribution < 1.29 is 14.3 Å². The van der Waals surface area contributed by atoms with Gasteiger partial charge in [0.1, 0.15) is 12.4 Å². The number of nitrogens with zero attached hydrogens (tertiary/aromatic N) is 3. The maximum Gasteiger partial charge on any atom is 0.241 e. The van der Waals surface area contributed by atoms with E-state index in [1.165, 1.54) is 12.1 Å². The SMILES string of the molecule is Cc1nn(CC(=O)NCCN2CCC(O)(c3ccc(F)cc3)CC2)c(C)c1C. The summed E-state index contributed by atoms with van der Waals surface area (Å²) < 4.78 is 14.8. The van der Waals surface area contributed by atoms with E-state index in [-0.39, 0.29) is 18.3 Å². The Labute approximate surface area is 165 Å². The second-order valence-corrected chi connectivity index (χ2v) is 7.68. The van der Waals surface area contributed by atoms with Crippen LogP contribution in [-0.4, -0.2) is 51.9 Å². The maximum atomic E-state index is 13.1. The van der Waals surface area contributed by atoms with Crippen molar-refractivity contribution in [3.05, 3.63) is 52.6 Å². The highest BCUT2D eigenvalue weighted by atomic mass is 19.1. The number of hydrogen-bond acceptors (Lipinski definition) is 4. The lowest BCUT2D eigenvalue weighted by Gasteiger charge is -2.38. The Bertz CT molecular complexity index is 824. The molecule has 0 atom stereocenters. The molecule has 1 amide bonds. The summed E-state index contributed by atoms with van der Waals surface area (Å²) in [6.45, 7) is 8.92. The number of piperidine rings is 1. The summed E-state index contributed by atoms with van der Waals surface area (Å²) in [6.07, 6.45) is 1.19. The Hall–Kier alpha value is -2.25. The number of hydrogen-bond donors (Lipinski definition) is 2. The molecule has 6 nitrogen and oxygen atoms in total. The van der Waals surface area contributed by atoms with Crippen LogP contribution in [0.5, 0.6) is 0 Å². The Kier molecular flexibility index (Phi) is 6.15. The number of aromatic nitrogens is 2. The fraction of sp³-hybridized carbons (Fsp3) is 0.524. The van der Waals surface area contributed by atoms with Crippen molar-refractivity contribution in [1.82, 2.24) is 20.0 Å². The molecule has 152 valence electrons. The predicted molar refractivity (Wildman–Crippen MR) is 105 cm³/mol. The zero-order valence-electron chi connectivity index (χ0n) is 16.8. The summed E-state index contributed by atoms with van der Waals surface area (Å²) in [7, 11) is 0. The topological polar surface area (TPSA) is 70.4 Å². The molecule has 0 aliphatic carbocycles. The van der Waals surface area contributed by atoms with Gasteiger partial charge in [-0.15, -0.1) is 0 Å². The second-order valence-electron chi connectivity index (χ2n) is 7.68. The summed E-state index contributed by atoms with van der Waals surface area (Å²) in [5.74, 6) is -0.346. The van der Waals surface area contributed by atoms with E-state index in [1.807, 2.05) is 20.8 Å². The van der Waals surface area contributed by atoms with Crippen molar-refractivity contribution in [2.24, 2.45) is 0 Å². The molecule has 0 radical (unpaired) electrons. The Morgan fingerprint density at radius 3 is 2.43 bits per heavy atom. The van der Waals surface area contributed by atoms with Gasteiger partial charge in [0.25, 0.3) is 0 Å². The molecule has 0 bridgehead atoms. The van der Waals surface area contributed by atoms with E-state index in [0.29, 0.717) is 19.4 Å². The molecule has 3 rings (SSSR count). The first kappa shape index (κ1) is 20.5. The normalized spacial score (nSPS) is 16.9. The van der Waals surface area contributed by atoms with Gasteiger partial charge in [0, 0.05) is 31.9 Å². The van der Waals surface area contributed by atoms with Crippen molar-refractivity contribution in [1.29, 1.82) is 0 Å². The van der Waals surface area contributed by atoms with Gasteiger partial charge in [0.2, 0.25) is 5.91 Å². The van der Waals surface area contributed by atoms with Crippen LogP contribution in [0.25, 0.3) is 0 Å². The van der Waals surface area contributed by atoms with Crippen LogP contribution >= 0.6 is 0 Å². The van der Waals surface area contributed by atoms with Crippen molar-refractivity contribution in [3.63, 3.8) is 0 Å². The highest BCUT2D eigenvalue weighted by molar-refractivity contribution is 5.75. The molecule has 1 aliphatic heterocycles. The summed E-state index contributed by atoms with van der Waals surface area (Å²) in [6, 6.07) is 6.09. The Morgan fingerprint density at radius 2 is 1.86 bits per heavy atom. The number of amides is 1. The van der Waals surface area contributed by atoms with E-state index in [9.17, 15) is 14.3 Å². The van der Waals surface area contributed by atoms with Gasteiger partial charge in [0.15, 0.2) is 0 Å². The van der Waals surface area contributed by atoms with Crippen LogP contribution in [0.2, 0.25) is 0 Å². The van der Waals surface area contributed by atoms with Crippen molar-refractivity contribution in [2.45, 2.75) is 45.8 Å². The fourth-order valence-corrected chi connectivity index (χ4v) is 3.68. The van der Waals surface area contributed by atoms with E-state index < -0.39 is 5.60 Å². The van der Waals surface area contributed by atoms with Crippen molar-refractivity contribution >= 4 is 5.91 Å². The molecule has 1 aromatic heterocycles. The fourth-order valence-electron chi connectivity index (χ4n) is 3.68. The predicted octanol–water partition coefficient (Wildman–Crippen LogP) is 2.05. The standard InChI is InChI=1S/C21H29FN4O2/c1-15-16(2)24-26(17(15)3)14-20(27)23-10-13-25-11-8-21(28,9-12-25)18-4-6-19(22)7-5-18/h4-7,28H,8-14H2,1-3H3,(H,23,27). The molecular weight excluding hydrogens is 359 g/mol. The third kappa shape index (κ3) is 4.59. The summed E-state index contributed by atoms with van der Waals surface area (Å²) in [5.41, 5.74) is 2.95. The van der Waals surface area contributed by atoms with Gasteiger partial charge >= 0.3 is 0 Å². The minimum absolute atomic E-state index is 0.0505. The minimum Gasteiger partial charge on any atom is -0.385 e. The Morgan fingerprint density at radius 1 is 1.21 bits per heavy atom. The lowest BCUT2D eigenvalue weighted by molar-refractivity contribution is -0.122. The number of aryl methyl sites for hydroxylation is 1. The van der Waals surface area contributed by atoms with E-state index >= 15 is 0 Å². The van der Waals surface area contributed by atoms with Gasteiger partial charge < -0.3 is 15.3 Å². The highest BCUT2D eigenvalue weighted by Gasteiger charge is 2.33. The first-order chi connectivity index (χ1) is 13.3. The molecule has 2 N–H and O–H groups in total. The van der Waals surface area contributed by atoms with Crippen LogP contribution in [-0.2, 0) is 16.9 Å². The zero-order valence-corrected chi connectivity index (χ0v) is 16.8. The van der Waals surface area contributed by atoms with Crippen molar-refractivity contribution in [2.75, 3.05) is 26.2 Å². The quantitative estimate of drug-likeness (QED) is 0.795. The average molecular weight is 388 g/mol. The average Bonchev–Trinajstić information content (AvgIpc) is 2.90. The van der Waals surface area contributed by atoms with Crippen LogP contribution in [0.4, 0.5) is 4.39 Å². The molecule has 28 heavy (non-hydrogen) atoms. The van der Waals surface area contributed by atoms with Crippen LogP contribution in [0, 0.1) is 26.6 Å². The van der Waals surface area contributed by atoms with Gasteiger partial charge in [-0.25, -0.2) is 4.39 Å². The maximum absolute atomic E-state index is 13.1. The number of aliphatic hydroxyl groups is 1. The van der Waals surface area contributed by atoms with Gasteiger partial charge in [0.05, 0.1) is 11.3 Å². The molecule has 0 saturated carbocycles. The van der Waals surface area contributed by atoms with E-state index in [2.05, 4.69) is 15.3 Å². The van der Waals surface area contributed by atoms with Crippen LogP contribution in [0.3, 0.4) is 0 Å². The lowest BCUT2D eigenvalue weighted by Crippen LogP contribution is -2.45. The number of carbonyl (C=O) groups excluding carboxylic acids is 1. The monoisotopic (exact) mass is 388 g/mol. The largest absolute Gasteiger partial charge is 0.385 e. The molecule has 0 spiro atoms. The number of carbonyl (C=O) groups is 1. The number of halogens is 1. The smallest absolute Gasteiger partial charge is 0.241 e. The number of nitrogens with one attached hydrogen (secondary N) is 1. The third-order valence-corrected chi connectivity index (χ3v) is 5.85. The third-order valence-electron chi connectivity index (χ3n) is 5.85. The van der Waals surface area contributed by atoms with E-state index in [4.69, 9.17) is 0 Å². The van der Waals surface area contributed by atoms with E-state index in [1.54, 1.807) is 16.8 Å². The van der Waals surface area contributed by atoms with E-state index in [0.717, 1.165) is 42.1 Å². The first-order valence-electron chi connectivity index (χ1n) is 9.76. The lowest BCUT2D eigenvalue weighted by atomic mass is 9.84. The molecule has 1 aliphatic rings. The summed E-state index contributed by atoms with van der Waals surface area (Å²) in [5, 5.41) is 18.2. The van der Waals surface area contributed by atoms with Crippen LogP contribution in [0.1, 0.15) is 35.4 Å². The van der Waals surface area contributed by atoms with Crippen molar-refractivity contribution in [3.8, 4) is 0 Å². The Balaban J connectivity index is 1.42. The number of benzene rings is 1. The van der Waals surface area contributed by atoms with Gasteiger partial charge in [-0.05, 0) is 56.9 Å². The zero-order chi connectivity index (χ0) is 20.3. The van der Waals surface area contributed by atoms with Gasteiger partial charge in [-0.3, -0.25) is 9.48 Å². The molecule has 2 heterocycles. The molecule has 1 fully saturated rings. The minimum atomic E-state index is -0.902. The van der Waals surface area contributed by atoms with Gasteiger partial charge in [-0.1, -0.05) is 12.1 Å². The second kappa shape index (κ2) is 8.41. The van der Waals surface area contributed by atoms with Crippen LogP contribution < -0.4 is 5.32 Å². The molecule has 2 aromatic rings. The number of likely N-dealkylation sites (tertiary alicyclic amines) is 1. The number of rotatable bonds is 6. The molecular formula is C21H29FN4O2. The van der Waals surface area contributed by atoms with Gasteiger partial charge in [-0.2, -0.15) is 5.10 Å². The molecule has 1 aromatic carbocycles. The molecule has 7 heteroatoms. The summed E-state index contributed by atoms with van der Waals surface area (Å²) >= 11 is 0. The highest BCUT2D eigenvalue weighted by Crippen LogP contribution is 2.32. The van der Waals surface area contributed by atoms with Crippen LogP contribution in [0.15, 0.2) is 24.3 Å². The first-order valence-corrected chi connectivity index (χ1v) is 9.76. The summed E-state index contributed by atoms with van der Waals surface area (Å²) in [4.78, 5) is 14.4.